The lowest BCUT2D eigenvalue weighted by molar-refractivity contribution is -0.132. The molecule has 3 nitrogen and oxygen atoms in total. The molecule has 1 aromatic heterocycles. The van der Waals surface area contributed by atoms with Gasteiger partial charge in [0.05, 0.1) is 5.75 Å². The van der Waals surface area contributed by atoms with Crippen LogP contribution in [0.5, 0.6) is 0 Å². The summed E-state index contributed by atoms with van der Waals surface area (Å²) in [7, 11) is 0. The average Bonchev–Trinajstić information content (AvgIpc) is 3.09. The van der Waals surface area contributed by atoms with E-state index in [1.165, 1.54) is 33.3 Å². The Hall–Kier alpha value is -2.20. The minimum absolute atomic E-state index is 0.289. The second-order valence-electron chi connectivity index (χ2n) is 8.06. The van der Waals surface area contributed by atoms with Crippen molar-refractivity contribution in [2.75, 3.05) is 12.3 Å². The predicted molar refractivity (Wildman–Crippen MR) is 123 cm³/mol. The van der Waals surface area contributed by atoms with E-state index >= 15 is 0 Å². The highest BCUT2D eigenvalue weighted by atomic mass is 32.2. The molecule has 1 aliphatic heterocycles. The van der Waals surface area contributed by atoms with E-state index in [1.807, 2.05) is 0 Å². The Balaban J connectivity index is 1.52. The van der Waals surface area contributed by atoms with Gasteiger partial charge in [-0.05, 0) is 44.2 Å². The first kappa shape index (κ1) is 20.1. The van der Waals surface area contributed by atoms with E-state index in [0.717, 1.165) is 32.4 Å². The van der Waals surface area contributed by atoms with Gasteiger partial charge in [-0.2, -0.15) is 0 Å². The van der Waals surface area contributed by atoms with Crippen molar-refractivity contribution in [3.63, 3.8) is 0 Å². The van der Waals surface area contributed by atoms with Crippen molar-refractivity contribution in [2.24, 2.45) is 0 Å². The fourth-order valence-electron chi connectivity index (χ4n) is 4.44. The predicted octanol–water partition coefficient (Wildman–Crippen LogP) is 5.88. The first-order valence-corrected chi connectivity index (χ1v) is 11.7. The summed E-state index contributed by atoms with van der Waals surface area (Å²) in [5, 5.41) is 1.24. The molecule has 152 valence electrons. The van der Waals surface area contributed by atoms with Gasteiger partial charge in [0.25, 0.3) is 0 Å². The molecule has 29 heavy (non-hydrogen) atoms. The van der Waals surface area contributed by atoms with Gasteiger partial charge in [0.15, 0.2) is 0 Å². The minimum Gasteiger partial charge on any atom is -0.342 e. The molecule has 0 N–H and O–H groups in total. The zero-order valence-electron chi connectivity index (χ0n) is 17.4. The number of carbonyl (C=O) groups excluding carboxylic acids is 1. The second-order valence-corrected chi connectivity index (χ2v) is 9.08. The first-order valence-electron chi connectivity index (χ1n) is 10.7. The summed E-state index contributed by atoms with van der Waals surface area (Å²) in [5.74, 6) is 0.812. The van der Waals surface area contributed by atoms with Crippen LogP contribution >= 0.6 is 11.8 Å². The van der Waals surface area contributed by atoms with E-state index in [4.69, 9.17) is 0 Å². The number of aryl methyl sites for hydroxylation is 1. The number of fused-ring (bicyclic) bond motifs is 1. The Kier molecular flexibility index (Phi) is 6.29. The number of likely N-dealkylation sites (tertiary alicyclic amines) is 1. The molecule has 4 rings (SSSR count). The summed E-state index contributed by atoms with van der Waals surface area (Å²) in [6.45, 7) is 6.10. The van der Waals surface area contributed by atoms with Crippen molar-refractivity contribution in [1.29, 1.82) is 0 Å². The Morgan fingerprint density at radius 3 is 2.83 bits per heavy atom. The number of nitrogens with zero attached hydrogens (tertiary/aromatic N) is 2. The molecule has 2 heterocycles. The van der Waals surface area contributed by atoms with Gasteiger partial charge >= 0.3 is 0 Å². The number of para-hydroxylation sites is 1. The molecule has 1 saturated heterocycles. The maximum absolute atomic E-state index is 12.9. The number of piperidine rings is 1. The lowest BCUT2D eigenvalue weighted by Crippen LogP contribution is -2.44. The zero-order valence-corrected chi connectivity index (χ0v) is 18.3. The van der Waals surface area contributed by atoms with Gasteiger partial charge in [-0.3, -0.25) is 4.79 Å². The van der Waals surface area contributed by atoms with Crippen LogP contribution in [0.4, 0.5) is 0 Å². The average molecular weight is 407 g/mol. The highest BCUT2D eigenvalue weighted by Crippen LogP contribution is 2.31. The van der Waals surface area contributed by atoms with Crippen LogP contribution < -0.4 is 0 Å². The Morgan fingerprint density at radius 1 is 1.14 bits per heavy atom. The summed E-state index contributed by atoms with van der Waals surface area (Å²) in [5.41, 5.74) is 3.82. The summed E-state index contributed by atoms with van der Waals surface area (Å²) >= 11 is 1.69. The van der Waals surface area contributed by atoms with Crippen molar-refractivity contribution in [2.45, 2.75) is 57.0 Å². The smallest absolute Gasteiger partial charge is 0.233 e. The normalized spacial score (nSPS) is 17.0. The standard InChI is InChI=1S/C25H30N2OS/c1-3-21-11-6-7-14-27(21)25(28)18-29-24-17-26(23-13-5-4-12-22(23)24)16-20-10-8-9-19(2)15-20/h4-5,8-10,12-13,15,17,21H,3,6-7,11,14,16,18H2,1-2H3. The molecule has 0 radical (unpaired) electrons. The molecule has 2 aromatic carbocycles. The zero-order chi connectivity index (χ0) is 20.2. The Labute approximate surface area is 178 Å². The monoisotopic (exact) mass is 406 g/mol. The van der Waals surface area contributed by atoms with E-state index in [1.54, 1.807) is 11.8 Å². The van der Waals surface area contributed by atoms with E-state index in [2.05, 4.69) is 78.0 Å². The van der Waals surface area contributed by atoms with Gasteiger partial charge in [-0.1, -0.05) is 55.0 Å². The summed E-state index contributed by atoms with van der Waals surface area (Å²) in [6, 6.07) is 17.6. The molecule has 0 bridgehead atoms. The van der Waals surface area contributed by atoms with Crippen LogP contribution in [-0.2, 0) is 11.3 Å². The molecule has 1 aliphatic rings. The third-order valence-electron chi connectivity index (χ3n) is 5.96. The highest BCUT2D eigenvalue weighted by Gasteiger charge is 2.25. The molecule has 0 aliphatic carbocycles. The van der Waals surface area contributed by atoms with Gasteiger partial charge in [0.1, 0.15) is 0 Å². The summed E-state index contributed by atoms with van der Waals surface area (Å²) < 4.78 is 2.31. The van der Waals surface area contributed by atoms with Gasteiger partial charge in [-0.15, -0.1) is 11.8 Å². The van der Waals surface area contributed by atoms with Crippen LogP contribution in [0.2, 0.25) is 0 Å². The highest BCUT2D eigenvalue weighted by molar-refractivity contribution is 8.00. The van der Waals surface area contributed by atoms with E-state index in [-0.39, 0.29) is 5.91 Å². The second kappa shape index (κ2) is 9.08. The van der Waals surface area contributed by atoms with Crippen LogP contribution in [0.1, 0.15) is 43.7 Å². The summed E-state index contributed by atoms with van der Waals surface area (Å²) in [6.07, 6.45) is 6.83. The van der Waals surface area contributed by atoms with Crippen molar-refractivity contribution in [1.82, 2.24) is 9.47 Å². The van der Waals surface area contributed by atoms with E-state index in [9.17, 15) is 4.79 Å². The number of carbonyl (C=O) groups is 1. The molecule has 1 atom stereocenters. The molecule has 1 fully saturated rings. The first-order chi connectivity index (χ1) is 14.2. The van der Waals surface area contributed by atoms with E-state index < -0.39 is 0 Å². The fourth-order valence-corrected chi connectivity index (χ4v) is 5.42. The topological polar surface area (TPSA) is 25.2 Å². The number of thioether (sulfide) groups is 1. The van der Waals surface area contributed by atoms with Gasteiger partial charge in [0, 0.05) is 41.1 Å². The Morgan fingerprint density at radius 2 is 2.00 bits per heavy atom. The van der Waals surface area contributed by atoms with Gasteiger partial charge in [-0.25, -0.2) is 0 Å². The quantitative estimate of drug-likeness (QED) is 0.478. The molecular formula is C25H30N2OS. The lowest BCUT2D eigenvalue weighted by Gasteiger charge is -2.35. The van der Waals surface area contributed by atoms with Gasteiger partial charge < -0.3 is 9.47 Å². The van der Waals surface area contributed by atoms with Crippen molar-refractivity contribution >= 4 is 28.6 Å². The third kappa shape index (κ3) is 4.53. The molecular weight excluding hydrogens is 376 g/mol. The van der Waals surface area contributed by atoms with Crippen molar-refractivity contribution < 1.29 is 4.79 Å². The molecule has 1 amide bonds. The van der Waals surface area contributed by atoms with Crippen molar-refractivity contribution in [3.05, 3.63) is 65.9 Å². The third-order valence-corrected chi connectivity index (χ3v) is 6.98. The van der Waals surface area contributed by atoms with Gasteiger partial charge in [0.2, 0.25) is 5.91 Å². The van der Waals surface area contributed by atoms with E-state index in [0.29, 0.717) is 11.8 Å². The number of aromatic nitrogens is 1. The minimum atomic E-state index is 0.289. The number of amides is 1. The molecule has 0 spiro atoms. The Bertz CT molecular complexity index is 993. The number of rotatable bonds is 6. The molecule has 1 unspecified atom stereocenters. The summed E-state index contributed by atoms with van der Waals surface area (Å²) in [4.78, 5) is 16.2. The van der Waals surface area contributed by atoms with Crippen LogP contribution in [0, 0.1) is 6.92 Å². The number of hydrogen-bond acceptors (Lipinski definition) is 2. The number of benzene rings is 2. The van der Waals surface area contributed by atoms with Crippen LogP contribution in [0.25, 0.3) is 10.9 Å². The largest absolute Gasteiger partial charge is 0.342 e. The molecule has 3 aromatic rings. The molecule has 0 saturated carbocycles. The van der Waals surface area contributed by atoms with Crippen LogP contribution in [-0.4, -0.2) is 33.7 Å². The number of hydrogen-bond donors (Lipinski definition) is 0. The molecule has 4 heteroatoms. The fraction of sp³-hybridized carbons (Fsp3) is 0.400. The maximum atomic E-state index is 12.9. The maximum Gasteiger partial charge on any atom is 0.233 e. The van der Waals surface area contributed by atoms with Crippen LogP contribution in [0.3, 0.4) is 0 Å². The van der Waals surface area contributed by atoms with Crippen molar-refractivity contribution in [3.8, 4) is 0 Å². The lowest BCUT2D eigenvalue weighted by atomic mass is 10.0. The SMILES string of the molecule is CCC1CCCCN1C(=O)CSc1cn(Cc2cccc(C)c2)c2ccccc12. The van der Waals surface area contributed by atoms with Crippen LogP contribution in [0.15, 0.2) is 59.6 Å².